The van der Waals surface area contributed by atoms with Gasteiger partial charge in [-0.1, -0.05) is 72.8 Å². The number of nitrogens with zero attached hydrogens (tertiary/aromatic N) is 2. The van der Waals surface area contributed by atoms with Gasteiger partial charge in [0, 0.05) is 24.1 Å². The van der Waals surface area contributed by atoms with Crippen molar-refractivity contribution in [2.75, 3.05) is 6.54 Å². The summed E-state index contributed by atoms with van der Waals surface area (Å²) in [4.78, 5) is 29.1. The van der Waals surface area contributed by atoms with E-state index in [1.165, 1.54) is 34.2 Å². The largest absolute Gasteiger partial charge is 0.355 e. The molecule has 0 aliphatic heterocycles. The average Bonchev–Trinajstić information content (AvgIpc) is 2.84. The first-order valence-corrected chi connectivity index (χ1v) is 10.8. The fraction of sp³-hybridized carbons (Fsp3) is 0.148. The van der Waals surface area contributed by atoms with Gasteiger partial charge in [-0.05, 0) is 29.7 Å². The summed E-state index contributed by atoms with van der Waals surface area (Å²) in [5, 5.41) is 2.90. The topological polar surface area (TPSA) is 64.0 Å². The molecule has 1 amide bonds. The maximum Gasteiger partial charge on any atom is 0.254 e. The van der Waals surface area contributed by atoms with Crippen molar-refractivity contribution in [3.8, 4) is 11.3 Å². The Morgan fingerprint density at radius 3 is 2.12 bits per heavy atom. The van der Waals surface area contributed by atoms with Crippen LogP contribution in [0.5, 0.6) is 0 Å². The van der Waals surface area contributed by atoms with Crippen LogP contribution >= 0.6 is 0 Å². The molecule has 1 aromatic heterocycles. The molecule has 0 saturated heterocycles. The fourth-order valence-corrected chi connectivity index (χ4v) is 3.82. The SMILES string of the molecule is O=C(Cn1cnc(-c2ccccc2F)cc1=O)NCCC(c1ccccc1)c1ccccc1. The van der Waals surface area contributed by atoms with Gasteiger partial charge in [-0.2, -0.15) is 0 Å². The molecule has 1 N–H and O–H groups in total. The van der Waals surface area contributed by atoms with Crippen molar-refractivity contribution in [2.24, 2.45) is 0 Å². The molecule has 0 aliphatic carbocycles. The highest BCUT2D eigenvalue weighted by Crippen LogP contribution is 2.27. The summed E-state index contributed by atoms with van der Waals surface area (Å²) in [6, 6.07) is 27.7. The van der Waals surface area contributed by atoms with Crippen molar-refractivity contribution in [2.45, 2.75) is 18.9 Å². The van der Waals surface area contributed by atoms with E-state index >= 15 is 0 Å². The van der Waals surface area contributed by atoms with Crippen LogP contribution in [0, 0.1) is 5.82 Å². The molecule has 166 valence electrons. The van der Waals surface area contributed by atoms with E-state index in [9.17, 15) is 14.0 Å². The highest BCUT2D eigenvalue weighted by Gasteiger charge is 2.15. The second-order valence-electron chi connectivity index (χ2n) is 7.73. The minimum Gasteiger partial charge on any atom is -0.355 e. The summed E-state index contributed by atoms with van der Waals surface area (Å²) in [5.41, 5.74) is 2.44. The van der Waals surface area contributed by atoms with E-state index in [1.54, 1.807) is 18.2 Å². The minimum absolute atomic E-state index is 0.148. The number of nitrogens with one attached hydrogen (secondary N) is 1. The average molecular weight is 442 g/mol. The van der Waals surface area contributed by atoms with Crippen molar-refractivity contribution in [3.05, 3.63) is 125 Å². The van der Waals surface area contributed by atoms with E-state index < -0.39 is 11.4 Å². The summed E-state index contributed by atoms with van der Waals surface area (Å²) in [6.07, 6.45) is 2.00. The lowest BCUT2D eigenvalue weighted by molar-refractivity contribution is -0.121. The number of hydrogen-bond donors (Lipinski definition) is 1. The molecule has 0 fully saturated rings. The Kier molecular flexibility index (Phi) is 7.05. The second kappa shape index (κ2) is 10.5. The number of aromatic nitrogens is 2. The highest BCUT2D eigenvalue weighted by molar-refractivity contribution is 5.75. The van der Waals surface area contributed by atoms with Crippen LogP contribution in [0.3, 0.4) is 0 Å². The summed E-state index contributed by atoms with van der Waals surface area (Å²) in [5.74, 6) is -0.583. The summed E-state index contributed by atoms with van der Waals surface area (Å²) in [7, 11) is 0. The third-order valence-electron chi connectivity index (χ3n) is 5.50. The maximum absolute atomic E-state index is 14.0. The Morgan fingerprint density at radius 1 is 0.909 bits per heavy atom. The van der Waals surface area contributed by atoms with Gasteiger partial charge in [-0.25, -0.2) is 9.37 Å². The Labute approximate surface area is 191 Å². The van der Waals surface area contributed by atoms with Gasteiger partial charge in [0.2, 0.25) is 5.91 Å². The zero-order valence-corrected chi connectivity index (χ0v) is 18.0. The van der Waals surface area contributed by atoms with Crippen molar-refractivity contribution in [1.29, 1.82) is 0 Å². The summed E-state index contributed by atoms with van der Waals surface area (Å²) < 4.78 is 15.2. The molecule has 6 heteroatoms. The molecule has 0 radical (unpaired) electrons. The molecule has 0 saturated carbocycles. The van der Waals surface area contributed by atoms with E-state index in [0.717, 1.165) is 6.42 Å². The number of benzene rings is 3. The first-order chi connectivity index (χ1) is 16.1. The standard InChI is InChI=1S/C27H24FN3O2/c28-24-14-8-7-13-23(24)25-17-27(33)31(19-30-25)18-26(32)29-16-15-22(20-9-3-1-4-10-20)21-11-5-2-6-12-21/h1-14,17,19,22H,15-16,18H2,(H,29,32). The number of amides is 1. The molecule has 3 aromatic carbocycles. The van der Waals surface area contributed by atoms with E-state index in [-0.39, 0.29) is 29.6 Å². The highest BCUT2D eigenvalue weighted by atomic mass is 19.1. The maximum atomic E-state index is 14.0. The van der Waals surface area contributed by atoms with Gasteiger partial charge < -0.3 is 5.32 Å². The molecule has 1 heterocycles. The Morgan fingerprint density at radius 2 is 1.52 bits per heavy atom. The molecular formula is C27H24FN3O2. The predicted molar refractivity (Wildman–Crippen MR) is 126 cm³/mol. The van der Waals surface area contributed by atoms with E-state index in [0.29, 0.717) is 6.54 Å². The van der Waals surface area contributed by atoms with E-state index in [4.69, 9.17) is 0 Å². The third-order valence-corrected chi connectivity index (χ3v) is 5.50. The smallest absolute Gasteiger partial charge is 0.254 e. The molecule has 0 aliphatic rings. The lowest BCUT2D eigenvalue weighted by Crippen LogP contribution is -2.33. The van der Waals surface area contributed by atoms with Crippen molar-refractivity contribution < 1.29 is 9.18 Å². The quantitative estimate of drug-likeness (QED) is 0.441. The van der Waals surface area contributed by atoms with Gasteiger partial charge in [0.05, 0.1) is 12.0 Å². The third kappa shape index (κ3) is 5.60. The molecule has 0 atom stereocenters. The van der Waals surface area contributed by atoms with Gasteiger partial charge in [0.15, 0.2) is 0 Å². The second-order valence-corrected chi connectivity index (χ2v) is 7.73. The van der Waals surface area contributed by atoms with E-state index in [1.807, 2.05) is 36.4 Å². The van der Waals surface area contributed by atoms with E-state index in [2.05, 4.69) is 34.6 Å². The van der Waals surface area contributed by atoms with Crippen LogP contribution in [0.2, 0.25) is 0 Å². The number of rotatable bonds is 8. The first-order valence-electron chi connectivity index (χ1n) is 10.8. The van der Waals surface area contributed by atoms with Crippen LogP contribution in [0.4, 0.5) is 4.39 Å². The van der Waals surface area contributed by atoms with Gasteiger partial charge in [0.1, 0.15) is 12.4 Å². The molecule has 5 nitrogen and oxygen atoms in total. The van der Waals surface area contributed by atoms with Crippen LogP contribution in [0.15, 0.2) is 102 Å². The normalized spacial score (nSPS) is 10.8. The minimum atomic E-state index is -0.453. The zero-order chi connectivity index (χ0) is 23.0. The lowest BCUT2D eigenvalue weighted by Gasteiger charge is -2.18. The number of carbonyl (C=O) groups is 1. The summed E-state index contributed by atoms with van der Waals surface area (Å²) in [6.45, 7) is 0.313. The van der Waals surface area contributed by atoms with Crippen molar-refractivity contribution in [3.63, 3.8) is 0 Å². The zero-order valence-electron chi connectivity index (χ0n) is 18.0. The van der Waals surface area contributed by atoms with Crippen molar-refractivity contribution in [1.82, 2.24) is 14.9 Å². The lowest BCUT2D eigenvalue weighted by atomic mass is 9.88. The number of carbonyl (C=O) groups excluding carboxylic acids is 1. The van der Waals surface area contributed by atoms with Gasteiger partial charge in [-0.15, -0.1) is 0 Å². The molecule has 0 bridgehead atoms. The molecular weight excluding hydrogens is 417 g/mol. The number of halogens is 1. The fourth-order valence-electron chi connectivity index (χ4n) is 3.82. The molecule has 0 spiro atoms. The van der Waals surface area contributed by atoms with Crippen LogP contribution in [0.25, 0.3) is 11.3 Å². The van der Waals surface area contributed by atoms with Gasteiger partial charge in [0.25, 0.3) is 5.56 Å². The Bertz CT molecular complexity index is 1230. The van der Waals surface area contributed by atoms with Crippen LogP contribution in [0.1, 0.15) is 23.5 Å². The van der Waals surface area contributed by atoms with Gasteiger partial charge in [-0.3, -0.25) is 14.2 Å². The monoisotopic (exact) mass is 441 g/mol. The first kappa shape index (κ1) is 22.1. The predicted octanol–water partition coefficient (Wildman–Crippen LogP) is 4.39. The van der Waals surface area contributed by atoms with Crippen molar-refractivity contribution >= 4 is 5.91 Å². The summed E-state index contributed by atoms with van der Waals surface area (Å²) >= 11 is 0. The molecule has 0 unspecified atom stereocenters. The van der Waals surface area contributed by atoms with Crippen LogP contribution in [-0.2, 0) is 11.3 Å². The Balaban J connectivity index is 1.39. The van der Waals surface area contributed by atoms with Gasteiger partial charge >= 0.3 is 0 Å². The van der Waals surface area contributed by atoms with Crippen LogP contribution < -0.4 is 10.9 Å². The molecule has 33 heavy (non-hydrogen) atoms. The Hall–Kier alpha value is -4.06. The number of hydrogen-bond acceptors (Lipinski definition) is 3. The molecule has 4 aromatic rings. The molecule has 4 rings (SSSR count). The van der Waals surface area contributed by atoms with Crippen LogP contribution in [-0.4, -0.2) is 22.0 Å².